The molecule has 0 aliphatic heterocycles. The van der Waals surface area contributed by atoms with E-state index in [0.29, 0.717) is 0 Å². The molecule has 58 heavy (non-hydrogen) atoms. The molecule has 0 aliphatic rings. The summed E-state index contributed by atoms with van der Waals surface area (Å²) in [7, 11) is 0. The van der Waals surface area contributed by atoms with E-state index in [9.17, 15) is 0 Å². The lowest BCUT2D eigenvalue weighted by Crippen LogP contribution is -2.10. The van der Waals surface area contributed by atoms with E-state index in [1.54, 1.807) is 0 Å². The minimum Gasteiger partial charge on any atom is -0.456 e. The Hall–Kier alpha value is -7.40. The fourth-order valence-corrected chi connectivity index (χ4v) is 10.2. The SMILES string of the molecule is c1ccc(-c2ccccc2-n2c3ccccc3c3ccccc32)c(-c2ccc(N(c3ccc4oc5ccccc5c4c3)c3cccc4sc5ccccc5c34)cc2)c1. The number of rotatable bonds is 6. The van der Waals surface area contributed by atoms with Gasteiger partial charge in [0, 0.05) is 58.7 Å². The average Bonchev–Trinajstić information content (AvgIpc) is 3.97. The summed E-state index contributed by atoms with van der Waals surface area (Å²) in [5.74, 6) is 0. The number of para-hydroxylation sites is 4. The van der Waals surface area contributed by atoms with Gasteiger partial charge in [-0.2, -0.15) is 0 Å². The van der Waals surface area contributed by atoms with Gasteiger partial charge in [-0.3, -0.25) is 0 Å². The van der Waals surface area contributed by atoms with Crippen molar-refractivity contribution in [1.29, 1.82) is 0 Å². The van der Waals surface area contributed by atoms with Gasteiger partial charge in [0.1, 0.15) is 11.2 Å². The number of nitrogens with zero attached hydrogens (tertiary/aromatic N) is 2. The first-order chi connectivity index (χ1) is 28.8. The lowest BCUT2D eigenvalue weighted by atomic mass is 9.93. The van der Waals surface area contributed by atoms with Crippen LogP contribution in [0.2, 0.25) is 0 Å². The zero-order chi connectivity index (χ0) is 38.2. The van der Waals surface area contributed by atoms with Crippen molar-refractivity contribution in [3.63, 3.8) is 0 Å². The normalized spacial score (nSPS) is 11.8. The Balaban J connectivity index is 1.03. The maximum Gasteiger partial charge on any atom is 0.135 e. The van der Waals surface area contributed by atoms with Gasteiger partial charge in [-0.05, 0) is 89.5 Å². The first-order valence-corrected chi connectivity index (χ1v) is 20.5. The topological polar surface area (TPSA) is 21.3 Å². The molecule has 0 saturated heterocycles. The summed E-state index contributed by atoms with van der Waals surface area (Å²) >= 11 is 1.85. The minimum atomic E-state index is 0.886. The summed E-state index contributed by atoms with van der Waals surface area (Å²) in [5.41, 5.74) is 13.4. The number of fused-ring (bicyclic) bond motifs is 9. The summed E-state index contributed by atoms with van der Waals surface area (Å²) in [4.78, 5) is 2.41. The smallest absolute Gasteiger partial charge is 0.135 e. The average molecular weight is 759 g/mol. The molecule has 0 N–H and O–H groups in total. The number of furan rings is 1. The van der Waals surface area contributed by atoms with Crippen molar-refractivity contribution in [1.82, 2.24) is 4.57 Å². The number of thiophene rings is 1. The summed E-state index contributed by atoms with van der Waals surface area (Å²) in [5, 5.41) is 7.27. The monoisotopic (exact) mass is 758 g/mol. The molecule has 0 aliphatic carbocycles. The lowest BCUT2D eigenvalue weighted by Gasteiger charge is -2.27. The summed E-state index contributed by atoms with van der Waals surface area (Å²) in [6, 6.07) is 74.5. The highest BCUT2D eigenvalue weighted by Crippen LogP contribution is 2.47. The Morgan fingerprint density at radius 2 is 0.983 bits per heavy atom. The number of aromatic nitrogens is 1. The summed E-state index contributed by atoms with van der Waals surface area (Å²) < 4.78 is 11.3. The van der Waals surface area contributed by atoms with Crippen molar-refractivity contribution < 1.29 is 4.42 Å². The van der Waals surface area contributed by atoms with Gasteiger partial charge in [0.2, 0.25) is 0 Å². The third-order valence-electron chi connectivity index (χ3n) is 11.6. The molecule has 0 saturated carbocycles. The van der Waals surface area contributed by atoms with Crippen LogP contribution in [0.1, 0.15) is 0 Å². The van der Waals surface area contributed by atoms with Crippen LogP contribution in [0.4, 0.5) is 17.1 Å². The molecule has 272 valence electrons. The number of hydrogen-bond acceptors (Lipinski definition) is 3. The molecule has 0 atom stereocenters. The van der Waals surface area contributed by atoms with Crippen molar-refractivity contribution in [3.05, 3.63) is 206 Å². The van der Waals surface area contributed by atoms with Crippen LogP contribution in [0.25, 0.3) is 91.9 Å². The van der Waals surface area contributed by atoms with E-state index < -0.39 is 0 Å². The van der Waals surface area contributed by atoms with Crippen LogP contribution in [0.3, 0.4) is 0 Å². The molecule has 0 radical (unpaired) electrons. The Kier molecular flexibility index (Phi) is 7.40. The zero-order valence-corrected chi connectivity index (χ0v) is 32.2. The second kappa shape index (κ2) is 13.1. The molecule has 0 spiro atoms. The Labute approximate surface area is 338 Å². The fourth-order valence-electron chi connectivity index (χ4n) is 9.06. The number of hydrogen-bond donors (Lipinski definition) is 0. The quantitative estimate of drug-likeness (QED) is 0.168. The van der Waals surface area contributed by atoms with Crippen molar-refractivity contribution in [3.8, 4) is 27.9 Å². The highest BCUT2D eigenvalue weighted by Gasteiger charge is 2.21. The fraction of sp³-hybridized carbons (Fsp3) is 0. The third kappa shape index (κ3) is 5.05. The van der Waals surface area contributed by atoms with Crippen LogP contribution < -0.4 is 4.90 Å². The van der Waals surface area contributed by atoms with E-state index >= 15 is 0 Å². The highest BCUT2D eigenvalue weighted by molar-refractivity contribution is 7.26. The maximum atomic E-state index is 6.28. The molecular weight excluding hydrogens is 725 g/mol. The molecule has 12 aromatic rings. The molecule has 12 rings (SSSR count). The Morgan fingerprint density at radius 1 is 0.397 bits per heavy atom. The lowest BCUT2D eigenvalue weighted by molar-refractivity contribution is 0.669. The minimum absolute atomic E-state index is 0.886. The van der Waals surface area contributed by atoms with Crippen molar-refractivity contribution >= 4 is 92.3 Å². The summed E-state index contributed by atoms with van der Waals surface area (Å²) in [6.07, 6.45) is 0. The molecule has 4 heteroatoms. The molecule has 0 fully saturated rings. The summed E-state index contributed by atoms with van der Waals surface area (Å²) in [6.45, 7) is 0. The van der Waals surface area contributed by atoms with Gasteiger partial charge in [-0.15, -0.1) is 11.3 Å². The van der Waals surface area contributed by atoms with Gasteiger partial charge in [-0.25, -0.2) is 0 Å². The molecule has 0 bridgehead atoms. The second-order valence-corrected chi connectivity index (χ2v) is 15.9. The van der Waals surface area contributed by atoms with Crippen LogP contribution in [0.15, 0.2) is 211 Å². The Morgan fingerprint density at radius 3 is 1.78 bits per heavy atom. The standard InChI is InChI=1S/C54H34N2OS/c1-2-15-39(40-16-3-8-21-46(40)56-47-22-9-4-17-41(47)42-18-5-10-23-48(42)56)38(14-1)35-28-30-36(31-29-35)55(37-32-33-51-45(34-37)43-19-6-11-25-50(43)57-51)49-24-13-27-53-54(49)44-20-7-12-26-52(44)58-53/h1-34H. The second-order valence-electron chi connectivity index (χ2n) is 14.8. The Bertz CT molecular complexity index is 3480. The van der Waals surface area contributed by atoms with Gasteiger partial charge < -0.3 is 13.9 Å². The van der Waals surface area contributed by atoms with Crippen LogP contribution in [-0.2, 0) is 0 Å². The predicted molar refractivity (Wildman–Crippen MR) is 247 cm³/mol. The maximum absolute atomic E-state index is 6.28. The van der Waals surface area contributed by atoms with Gasteiger partial charge >= 0.3 is 0 Å². The molecule has 9 aromatic carbocycles. The van der Waals surface area contributed by atoms with Crippen LogP contribution in [0.5, 0.6) is 0 Å². The van der Waals surface area contributed by atoms with E-state index in [0.717, 1.165) is 50.3 Å². The first-order valence-electron chi connectivity index (χ1n) is 19.7. The van der Waals surface area contributed by atoms with Gasteiger partial charge in [0.05, 0.1) is 22.4 Å². The van der Waals surface area contributed by atoms with Crippen molar-refractivity contribution in [2.45, 2.75) is 0 Å². The van der Waals surface area contributed by atoms with Crippen molar-refractivity contribution in [2.75, 3.05) is 4.90 Å². The third-order valence-corrected chi connectivity index (χ3v) is 12.8. The van der Waals surface area contributed by atoms with Gasteiger partial charge in [0.25, 0.3) is 0 Å². The largest absolute Gasteiger partial charge is 0.456 e. The van der Waals surface area contributed by atoms with E-state index in [1.807, 2.05) is 23.5 Å². The highest BCUT2D eigenvalue weighted by atomic mass is 32.1. The van der Waals surface area contributed by atoms with E-state index in [4.69, 9.17) is 4.42 Å². The molecule has 0 amide bonds. The predicted octanol–water partition coefficient (Wildman–Crippen LogP) is 15.9. The van der Waals surface area contributed by atoms with Crippen LogP contribution in [0, 0.1) is 0 Å². The molecule has 3 nitrogen and oxygen atoms in total. The van der Waals surface area contributed by atoms with E-state index in [2.05, 4.69) is 204 Å². The van der Waals surface area contributed by atoms with Crippen LogP contribution in [-0.4, -0.2) is 4.57 Å². The van der Waals surface area contributed by atoms with Crippen molar-refractivity contribution in [2.24, 2.45) is 0 Å². The molecule has 3 aromatic heterocycles. The molecule has 3 heterocycles. The molecule has 0 unspecified atom stereocenters. The first kappa shape index (κ1) is 32.8. The van der Waals surface area contributed by atoms with Crippen LogP contribution >= 0.6 is 11.3 Å². The van der Waals surface area contributed by atoms with Gasteiger partial charge in [0.15, 0.2) is 0 Å². The zero-order valence-electron chi connectivity index (χ0n) is 31.3. The van der Waals surface area contributed by atoms with Gasteiger partial charge in [-0.1, -0.05) is 133 Å². The van der Waals surface area contributed by atoms with E-state index in [1.165, 1.54) is 58.7 Å². The van der Waals surface area contributed by atoms with E-state index in [-0.39, 0.29) is 0 Å². The number of anilines is 3. The number of benzene rings is 9. The molecular formula is C54H34N2OS.